The summed E-state index contributed by atoms with van der Waals surface area (Å²) in [5.41, 5.74) is 2.91. The largest absolute Gasteiger partial charge is 0.495 e. The summed E-state index contributed by atoms with van der Waals surface area (Å²) >= 11 is 5.82. The molecule has 0 amide bonds. The van der Waals surface area contributed by atoms with Crippen LogP contribution in [0.4, 0.5) is 0 Å². The second-order valence-corrected chi connectivity index (χ2v) is 6.22. The number of aliphatic carboxylic acids is 1. The van der Waals surface area contributed by atoms with Gasteiger partial charge in [0.1, 0.15) is 5.75 Å². The minimum atomic E-state index is -0.912. The van der Waals surface area contributed by atoms with E-state index in [-0.39, 0.29) is 5.92 Å². The minimum absolute atomic E-state index is 0.0723. The van der Waals surface area contributed by atoms with Crippen molar-refractivity contribution < 1.29 is 14.6 Å². The molecule has 0 aliphatic rings. The van der Waals surface area contributed by atoms with Crippen molar-refractivity contribution >= 4 is 23.6 Å². The molecule has 1 N–H and O–H groups in total. The Bertz CT molecular complexity index is 768. The normalized spacial score (nSPS) is 12.9. The Kier molecular flexibility index (Phi) is 6.65. The van der Waals surface area contributed by atoms with E-state index in [4.69, 9.17) is 16.3 Å². The zero-order chi connectivity index (χ0) is 18.4. The average molecular weight is 363 g/mol. The Morgan fingerprint density at radius 3 is 2.76 bits per heavy atom. The molecule has 1 unspecified atom stereocenters. The molecule has 0 aliphatic carbocycles. The molecule has 0 bridgehead atoms. The van der Waals surface area contributed by atoms with Gasteiger partial charge >= 0.3 is 5.97 Å². The fourth-order valence-corrected chi connectivity index (χ4v) is 3.06. The molecule has 0 aliphatic heterocycles. The van der Waals surface area contributed by atoms with E-state index in [9.17, 15) is 9.90 Å². The van der Waals surface area contributed by atoms with Crippen molar-refractivity contribution in [2.75, 3.05) is 13.0 Å². The third kappa shape index (κ3) is 4.63. The van der Waals surface area contributed by atoms with Gasteiger partial charge in [-0.25, -0.2) is 9.78 Å². The summed E-state index contributed by atoms with van der Waals surface area (Å²) in [6, 6.07) is 5.61. The summed E-state index contributed by atoms with van der Waals surface area (Å²) in [5.74, 6) is 0.106. The van der Waals surface area contributed by atoms with Crippen LogP contribution in [-0.4, -0.2) is 33.6 Å². The molecule has 1 aromatic heterocycles. The van der Waals surface area contributed by atoms with Crippen LogP contribution in [0.5, 0.6) is 5.75 Å². The number of benzene rings is 1. The second kappa shape index (κ2) is 8.72. The molecule has 0 saturated heterocycles. The number of hydrogen-bond acceptors (Lipinski definition) is 3. The SMILES string of the molecule is CCC(CCCl)C(=Cc1ccc(-n2cnc(C)c2)c(OC)c1)C(=O)O. The van der Waals surface area contributed by atoms with E-state index in [1.807, 2.05) is 42.8 Å². The summed E-state index contributed by atoms with van der Waals surface area (Å²) in [4.78, 5) is 15.9. The fourth-order valence-electron chi connectivity index (χ4n) is 2.80. The van der Waals surface area contributed by atoms with Gasteiger partial charge in [-0.3, -0.25) is 0 Å². The van der Waals surface area contributed by atoms with E-state index < -0.39 is 5.97 Å². The van der Waals surface area contributed by atoms with Crippen LogP contribution in [0.25, 0.3) is 11.8 Å². The number of nitrogens with zero attached hydrogens (tertiary/aromatic N) is 2. The molecule has 6 heteroatoms. The number of hydrogen-bond donors (Lipinski definition) is 1. The van der Waals surface area contributed by atoms with Gasteiger partial charge in [-0.1, -0.05) is 13.0 Å². The van der Waals surface area contributed by atoms with Crippen molar-refractivity contribution in [2.45, 2.75) is 26.7 Å². The molecule has 1 heterocycles. The summed E-state index contributed by atoms with van der Waals surface area (Å²) in [5, 5.41) is 9.57. The Morgan fingerprint density at radius 1 is 1.48 bits per heavy atom. The lowest BCUT2D eigenvalue weighted by Gasteiger charge is -2.15. The molecule has 0 fully saturated rings. The van der Waals surface area contributed by atoms with E-state index in [1.54, 1.807) is 19.5 Å². The zero-order valence-corrected chi connectivity index (χ0v) is 15.5. The highest BCUT2D eigenvalue weighted by Gasteiger charge is 2.19. The molecule has 25 heavy (non-hydrogen) atoms. The van der Waals surface area contributed by atoms with Crippen molar-refractivity contribution in [2.24, 2.45) is 5.92 Å². The number of rotatable bonds is 8. The standard InChI is InChI=1S/C19H23ClN2O3/c1-4-15(7-8-20)16(19(23)24)9-14-5-6-17(18(10-14)25-3)22-11-13(2)21-12-22/h5-6,9-12,15H,4,7-8H2,1-3H3,(H,23,24). The highest BCUT2D eigenvalue weighted by Crippen LogP contribution is 2.28. The highest BCUT2D eigenvalue weighted by molar-refractivity contribution is 6.17. The average Bonchev–Trinajstić information content (AvgIpc) is 3.03. The van der Waals surface area contributed by atoms with Crippen LogP contribution in [0.15, 0.2) is 36.3 Å². The molecular formula is C19H23ClN2O3. The van der Waals surface area contributed by atoms with Crippen LogP contribution in [0.2, 0.25) is 0 Å². The molecule has 0 saturated carbocycles. The van der Waals surface area contributed by atoms with Crippen LogP contribution in [0.1, 0.15) is 31.0 Å². The molecule has 1 aromatic carbocycles. The van der Waals surface area contributed by atoms with Crippen molar-refractivity contribution in [3.05, 3.63) is 47.6 Å². The molecular weight excluding hydrogens is 340 g/mol. The maximum atomic E-state index is 11.7. The number of alkyl halides is 1. The lowest BCUT2D eigenvalue weighted by molar-refractivity contribution is -0.133. The predicted molar refractivity (Wildman–Crippen MR) is 99.6 cm³/mol. The van der Waals surface area contributed by atoms with Gasteiger partial charge in [0.25, 0.3) is 0 Å². The molecule has 2 aromatic rings. The monoisotopic (exact) mass is 362 g/mol. The third-order valence-electron chi connectivity index (χ3n) is 4.15. The summed E-state index contributed by atoms with van der Waals surface area (Å²) in [6.07, 6.45) is 6.70. The van der Waals surface area contributed by atoms with Gasteiger partial charge in [0.15, 0.2) is 0 Å². The smallest absolute Gasteiger partial charge is 0.331 e. The lowest BCUT2D eigenvalue weighted by atomic mass is 9.92. The first-order valence-electron chi connectivity index (χ1n) is 8.20. The lowest BCUT2D eigenvalue weighted by Crippen LogP contribution is -2.12. The summed E-state index contributed by atoms with van der Waals surface area (Å²) in [6.45, 7) is 3.89. The van der Waals surface area contributed by atoms with Gasteiger partial charge in [0, 0.05) is 17.6 Å². The van der Waals surface area contributed by atoms with Crippen LogP contribution in [0.3, 0.4) is 0 Å². The Balaban J connectivity index is 2.42. The molecule has 1 atom stereocenters. The van der Waals surface area contributed by atoms with Gasteiger partial charge in [-0.05, 0) is 49.5 Å². The predicted octanol–water partition coefficient (Wildman–Crippen LogP) is 4.31. The number of imidazole rings is 1. The first kappa shape index (κ1) is 19.1. The van der Waals surface area contributed by atoms with Gasteiger partial charge in [-0.2, -0.15) is 0 Å². The van der Waals surface area contributed by atoms with E-state index in [0.717, 1.165) is 23.4 Å². The number of ether oxygens (including phenoxy) is 1. The third-order valence-corrected chi connectivity index (χ3v) is 4.37. The fraction of sp³-hybridized carbons (Fsp3) is 0.368. The zero-order valence-electron chi connectivity index (χ0n) is 14.7. The first-order chi connectivity index (χ1) is 12.0. The Hall–Kier alpha value is -2.27. The van der Waals surface area contributed by atoms with Gasteiger partial charge in [-0.15, -0.1) is 11.6 Å². The van der Waals surface area contributed by atoms with Crippen molar-refractivity contribution in [1.29, 1.82) is 0 Å². The summed E-state index contributed by atoms with van der Waals surface area (Å²) < 4.78 is 7.36. The summed E-state index contributed by atoms with van der Waals surface area (Å²) in [7, 11) is 1.59. The molecule has 0 spiro atoms. The maximum absolute atomic E-state index is 11.7. The van der Waals surface area contributed by atoms with E-state index in [1.165, 1.54) is 0 Å². The molecule has 5 nitrogen and oxygen atoms in total. The van der Waals surface area contributed by atoms with Crippen molar-refractivity contribution in [3.63, 3.8) is 0 Å². The van der Waals surface area contributed by atoms with Crippen molar-refractivity contribution in [1.82, 2.24) is 9.55 Å². The van der Waals surface area contributed by atoms with Crippen LogP contribution >= 0.6 is 11.6 Å². The van der Waals surface area contributed by atoms with Gasteiger partial charge in [0.2, 0.25) is 0 Å². The number of methoxy groups -OCH3 is 1. The highest BCUT2D eigenvalue weighted by atomic mass is 35.5. The first-order valence-corrected chi connectivity index (χ1v) is 8.73. The molecule has 134 valence electrons. The van der Waals surface area contributed by atoms with Gasteiger partial charge < -0.3 is 14.4 Å². The number of carboxylic acid groups (broad SMARTS) is 1. The second-order valence-electron chi connectivity index (χ2n) is 5.84. The number of halogens is 1. The van der Waals surface area contributed by atoms with E-state index >= 15 is 0 Å². The van der Waals surface area contributed by atoms with Crippen LogP contribution in [0, 0.1) is 12.8 Å². The number of aryl methyl sites for hydroxylation is 1. The van der Waals surface area contributed by atoms with E-state index in [0.29, 0.717) is 23.6 Å². The Morgan fingerprint density at radius 2 is 2.24 bits per heavy atom. The Labute approximate surface area is 152 Å². The number of carbonyl (C=O) groups is 1. The maximum Gasteiger partial charge on any atom is 0.331 e. The quantitative estimate of drug-likeness (QED) is 0.561. The van der Waals surface area contributed by atoms with E-state index in [2.05, 4.69) is 4.98 Å². The number of carboxylic acids is 1. The molecule has 0 radical (unpaired) electrons. The number of aromatic nitrogens is 2. The van der Waals surface area contributed by atoms with Crippen molar-refractivity contribution in [3.8, 4) is 11.4 Å². The van der Waals surface area contributed by atoms with Crippen LogP contribution in [-0.2, 0) is 4.79 Å². The van der Waals surface area contributed by atoms with Crippen LogP contribution < -0.4 is 4.74 Å². The van der Waals surface area contributed by atoms with Gasteiger partial charge in [0.05, 0.1) is 24.8 Å². The molecule has 2 rings (SSSR count). The topological polar surface area (TPSA) is 64.4 Å². The minimum Gasteiger partial charge on any atom is -0.495 e.